The van der Waals surface area contributed by atoms with Crippen LogP contribution in [-0.4, -0.2) is 53.0 Å². The lowest BCUT2D eigenvalue weighted by Crippen LogP contribution is -2.31. The molecule has 2 atom stereocenters. The molecule has 0 bridgehead atoms. The predicted molar refractivity (Wildman–Crippen MR) is 108 cm³/mol. The van der Waals surface area contributed by atoms with Crippen molar-refractivity contribution in [1.82, 2.24) is 0 Å². The van der Waals surface area contributed by atoms with E-state index >= 15 is 0 Å². The van der Waals surface area contributed by atoms with E-state index in [9.17, 15) is 0 Å². The van der Waals surface area contributed by atoms with Crippen molar-refractivity contribution in [3.05, 3.63) is 0 Å². The molecule has 0 saturated carbocycles. The molecule has 0 aromatic carbocycles. The highest BCUT2D eigenvalue weighted by atomic mass is 31.1. The van der Waals surface area contributed by atoms with Gasteiger partial charge in [0.1, 0.15) is 0 Å². The van der Waals surface area contributed by atoms with Crippen molar-refractivity contribution in [3.8, 4) is 0 Å². The topological polar surface area (TPSA) is 18.5 Å². The van der Waals surface area contributed by atoms with Crippen LogP contribution in [0.2, 0.25) is 0 Å². The molecule has 4 heteroatoms. The molecule has 23 heavy (non-hydrogen) atoms. The quantitative estimate of drug-likeness (QED) is 0.485. The summed E-state index contributed by atoms with van der Waals surface area (Å²) in [6.45, 7) is 23.1. The molecular weight excluding hydrogens is 322 g/mol. The zero-order chi connectivity index (χ0) is 17.9. The lowest BCUT2D eigenvalue weighted by atomic mass is 10.3. The van der Waals surface area contributed by atoms with Gasteiger partial charge in [0.2, 0.25) is 0 Å². The van der Waals surface area contributed by atoms with Crippen molar-refractivity contribution in [2.45, 2.75) is 110 Å². The first-order valence-corrected chi connectivity index (χ1v) is 12.6. The maximum absolute atomic E-state index is 6.36. The summed E-state index contributed by atoms with van der Waals surface area (Å²) in [5, 5.41) is 0. The maximum atomic E-state index is 6.36. The van der Waals surface area contributed by atoms with Gasteiger partial charge in [-0.15, -0.1) is 0 Å². The van der Waals surface area contributed by atoms with Crippen molar-refractivity contribution >= 4 is 15.8 Å². The summed E-state index contributed by atoms with van der Waals surface area (Å²) in [5.41, 5.74) is 3.04. The van der Waals surface area contributed by atoms with E-state index in [-0.39, 0.29) is 28.1 Å². The van der Waals surface area contributed by atoms with Crippen molar-refractivity contribution < 1.29 is 9.47 Å². The number of hydrogen-bond donors (Lipinski definition) is 0. The van der Waals surface area contributed by atoms with Crippen LogP contribution in [0.15, 0.2) is 0 Å². The first-order valence-electron chi connectivity index (χ1n) is 9.31. The lowest BCUT2D eigenvalue weighted by Gasteiger charge is -2.32. The van der Waals surface area contributed by atoms with E-state index in [1.54, 1.807) is 0 Å². The van der Waals surface area contributed by atoms with Gasteiger partial charge in [-0.3, -0.25) is 0 Å². The molecule has 0 unspecified atom stereocenters. The third kappa shape index (κ3) is 6.54. The van der Waals surface area contributed by atoms with Crippen LogP contribution >= 0.6 is 15.8 Å². The van der Waals surface area contributed by atoms with Gasteiger partial charge in [-0.25, -0.2) is 0 Å². The number of rotatable bonds is 8. The molecular formula is C19H40O2P2. The molecule has 1 fully saturated rings. The highest BCUT2D eigenvalue weighted by Crippen LogP contribution is 2.52. The van der Waals surface area contributed by atoms with Crippen LogP contribution in [0.4, 0.5) is 0 Å². The fourth-order valence-electron chi connectivity index (χ4n) is 3.67. The van der Waals surface area contributed by atoms with Gasteiger partial charge < -0.3 is 9.47 Å². The predicted octanol–water partition coefficient (Wildman–Crippen LogP) is 6.10. The Morgan fingerprint density at radius 3 is 1.13 bits per heavy atom. The molecule has 0 aromatic heterocycles. The second kappa shape index (κ2) is 8.93. The number of hydrogen-bond acceptors (Lipinski definition) is 2. The zero-order valence-corrected chi connectivity index (χ0v) is 18.9. The minimum absolute atomic E-state index is 0.0112. The summed E-state index contributed by atoms with van der Waals surface area (Å²) in [7, 11) is -0.0224. The summed E-state index contributed by atoms with van der Waals surface area (Å²) in [5.74, 6) is -0.417. The van der Waals surface area contributed by atoms with Crippen LogP contribution in [-0.2, 0) is 9.47 Å². The Labute approximate surface area is 148 Å². The Morgan fingerprint density at radius 1 is 0.652 bits per heavy atom. The smallest absolute Gasteiger partial charge is 0.163 e. The van der Waals surface area contributed by atoms with Crippen LogP contribution in [0.3, 0.4) is 0 Å². The van der Waals surface area contributed by atoms with E-state index in [4.69, 9.17) is 9.47 Å². The van der Waals surface area contributed by atoms with E-state index in [2.05, 4.69) is 69.2 Å². The summed E-state index contributed by atoms with van der Waals surface area (Å²) < 4.78 is 12.7. The van der Waals surface area contributed by atoms with Crippen molar-refractivity contribution in [1.29, 1.82) is 0 Å². The monoisotopic (exact) mass is 362 g/mol. The van der Waals surface area contributed by atoms with E-state index in [0.717, 1.165) is 22.6 Å². The third-order valence-corrected chi connectivity index (χ3v) is 11.6. The molecule has 1 rings (SSSR count). The van der Waals surface area contributed by atoms with E-state index < -0.39 is 5.79 Å². The molecule has 0 spiro atoms. The Kier molecular flexibility index (Phi) is 8.48. The van der Waals surface area contributed by atoms with E-state index in [1.807, 2.05) is 0 Å². The van der Waals surface area contributed by atoms with Crippen molar-refractivity contribution in [2.75, 3.05) is 12.3 Å². The van der Waals surface area contributed by atoms with Gasteiger partial charge in [0.25, 0.3) is 0 Å². The molecule has 1 saturated heterocycles. The molecule has 0 N–H and O–H groups in total. The zero-order valence-electron chi connectivity index (χ0n) is 17.1. The Hall–Kier alpha value is 0.780. The average Bonchev–Trinajstić information content (AvgIpc) is 2.65. The van der Waals surface area contributed by atoms with Gasteiger partial charge in [0, 0.05) is 0 Å². The fourth-order valence-corrected chi connectivity index (χ4v) is 9.19. The molecule has 0 aliphatic carbocycles. The summed E-state index contributed by atoms with van der Waals surface area (Å²) >= 11 is 0. The lowest BCUT2D eigenvalue weighted by molar-refractivity contribution is -0.142. The van der Waals surface area contributed by atoms with Crippen LogP contribution in [0.1, 0.15) is 69.2 Å². The molecule has 138 valence electrons. The maximum Gasteiger partial charge on any atom is 0.163 e. The van der Waals surface area contributed by atoms with Gasteiger partial charge in [0.15, 0.2) is 5.79 Å². The molecule has 1 aliphatic heterocycles. The molecule has 1 heterocycles. The van der Waals surface area contributed by atoms with Gasteiger partial charge in [-0.05, 0) is 48.8 Å². The van der Waals surface area contributed by atoms with Crippen LogP contribution in [0, 0.1) is 0 Å². The first kappa shape index (κ1) is 21.8. The molecule has 0 amide bonds. The second-order valence-corrected chi connectivity index (χ2v) is 15.4. The number of ether oxygens (including phenoxy) is 2. The molecule has 0 radical (unpaired) electrons. The first-order chi connectivity index (χ1) is 10.4. The van der Waals surface area contributed by atoms with Crippen molar-refractivity contribution in [3.63, 3.8) is 0 Å². The Balaban J connectivity index is 2.86. The van der Waals surface area contributed by atoms with Gasteiger partial charge in [-0.1, -0.05) is 71.2 Å². The van der Waals surface area contributed by atoms with Crippen molar-refractivity contribution in [2.24, 2.45) is 0 Å². The fraction of sp³-hybridized carbons (Fsp3) is 1.00. The van der Waals surface area contributed by atoms with Gasteiger partial charge in [-0.2, -0.15) is 0 Å². The highest BCUT2D eigenvalue weighted by molar-refractivity contribution is 7.59. The molecule has 1 aliphatic rings. The molecule has 0 aromatic rings. The SMILES string of the molecule is CC(C)P(C[C@@H]1OC(C)(C)O[C@H]1CP(C(C)C)C(C)C)C(C)C. The Morgan fingerprint density at radius 2 is 0.913 bits per heavy atom. The standard InChI is InChI=1S/C19H40O2P2/c1-13(2)22(14(3)4)11-17-18(21-19(9,10)20-17)12-23(15(5)6)16(7)8/h13-18H,11-12H2,1-10H3/t17-,18-/m0/s1. The van der Waals surface area contributed by atoms with E-state index in [1.165, 1.54) is 12.3 Å². The average molecular weight is 362 g/mol. The minimum Gasteiger partial charge on any atom is -0.344 e. The van der Waals surface area contributed by atoms with Crippen LogP contribution in [0.5, 0.6) is 0 Å². The normalized spacial score (nSPS) is 25.0. The highest BCUT2D eigenvalue weighted by Gasteiger charge is 2.43. The minimum atomic E-state index is -0.417. The summed E-state index contributed by atoms with van der Waals surface area (Å²) in [6, 6.07) is 0. The van der Waals surface area contributed by atoms with Gasteiger partial charge >= 0.3 is 0 Å². The second-order valence-electron chi connectivity index (χ2n) is 8.48. The summed E-state index contributed by atoms with van der Waals surface area (Å²) in [4.78, 5) is 0. The van der Waals surface area contributed by atoms with Gasteiger partial charge in [0.05, 0.1) is 12.2 Å². The van der Waals surface area contributed by atoms with Crippen LogP contribution in [0.25, 0.3) is 0 Å². The molecule has 2 nitrogen and oxygen atoms in total. The van der Waals surface area contributed by atoms with Crippen LogP contribution < -0.4 is 0 Å². The van der Waals surface area contributed by atoms with E-state index in [0.29, 0.717) is 0 Å². The third-order valence-electron chi connectivity index (χ3n) is 4.72. The summed E-state index contributed by atoms with van der Waals surface area (Å²) in [6.07, 6.45) is 2.95. The largest absolute Gasteiger partial charge is 0.344 e. The Bertz CT molecular complexity index is 305.